The quantitative estimate of drug-likeness (QED) is 0.697. The Kier molecular flexibility index (Phi) is 4.46. The fourth-order valence-electron chi connectivity index (χ4n) is 3.76. The van der Waals surface area contributed by atoms with E-state index in [1.807, 2.05) is 30.3 Å². The molecule has 0 atom stereocenters. The molecule has 2 aliphatic rings. The smallest absolute Gasteiger partial charge is 0.171 e. The fraction of sp³-hybridized carbons (Fsp3) is 0.333. The van der Waals surface area contributed by atoms with Crippen molar-refractivity contribution in [3.8, 4) is 22.6 Å². The third-order valence-electron chi connectivity index (χ3n) is 5.29. The minimum absolute atomic E-state index is 0.397. The number of nitrogens with zero attached hydrogens (tertiary/aromatic N) is 5. The molecule has 0 radical (unpaired) electrons. The van der Waals surface area contributed by atoms with Gasteiger partial charge in [-0.15, -0.1) is 0 Å². The van der Waals surface area contributed by atoms with Gasteiger partial charge in [-0.05, 0) is 24.3 Å². The van der Waals surface area contributed by atoms with Crippen LogP contribution in [0.15, 0.2) is 55.1 Å². The maximum Gasteiger partial charge on any atom is 0.171 e. The highest BCUT2D eigenvalue weighted by molar-refractivity contribution is 5.67. The maximum atomic E-state index is 5.86. The van der Waals surface area contributed by atoms with Crippen LogP contribution >= 0.6 is 0 Å². The van der Waals surface area contributed by atoms with E-state index in [0.717, 1.165) is 48.6 Å². The Bertz CT molecular complexity index is 878. The second kappa shape index (κ2) is 7.26. The predicted octanol–water partition coefficient (Wildman–Crippen LogP) is 2.94. The molecule has 0 amide bonds. The Balaban J connectivity index is 1.50. The Morgan fingerprint density at radius 3 is 2.04 bits per heavy atom. The van der Waals surface area contributed by atoms with Crippen molar-refractivity contribution in [1.82, 2.24) is 19.9 Å². The van der Waals surface area contributed by atoms with Gasteiger partial charge in [-0.2, -0.15) is 0 Å². The van der Waals surface area contributed by atoms with Crippen molar-refractivity contribution in [2.75, 3.05) is 31.2 Å². The zero-order valence-corrected chi connectivity index (χ0v) is 15.5. The van der Waals surface area contributed by atoms with Gasteiger partial charge in [0.25, 0.3) is 0 Å². The molecular weight excluding hydrogens is 354 g/mol. The molecule has 2 aliphatic heterocycles. The minimum atomic E-state index is -0.397. The molecule has 28 heavy (non-hydrogen) atoms. The summed E-state index contributed by atoms with van der Waals surface area (Å²) in [6, 6.07) is 9.85. The van der Waals surface area contributed by atoms with Crippen molar-refractivity contribution >= 4 is 5.82 Å². The fourth-order valence-corrected chi connectivity index (χ4v) is 3.76. The highest BCUT2D eigenvalue weighted by Gasteiger charge is 2.40. The number of hydrogen-bond donors (Lipinski definition) is 0. The molecule has 0 aliphatic carbocycles. The Morgan fingerprint density at radius 1 is 0.786 bits per heavy atom. The SMILES string of the molecule is c1cc(-c2cc(N3CCC4(CC3)OCCO4)nc(-c3ccncc3)n2)ccn1. The zero-order valence-electron chi connectivity index (χ0n) is 15.5. The number of ether oxygens (including phenoxy) is 2. The molecule has 0 saturated carbocycles. The molecule has 5 rings (SSSR count). The van der Waals surface area contributed by atoms with Gasteiger partial charge in [0.2, 0.25) is 0 Å². The van der Waals surface area contributed by atoms with Gasteiger partial charge in [-0.3, -0.25) is 9.97 Å². The van der Waals surface area contributed by atoms with Gasteiger partial charge in [0.05, 0.1) is 18.9 Å². The molecule has 1 spiro atoms. The normalized spacial score (nSPS) is 18.5. The monoisotopic (exact) mass is 375 g/mol. The molecule has 0 bridgehead atoms. The summed E-state index contributed by atoms with van der Waals surface area (Å²) in [5, 5.41) is 0. The second-order valence-electron chi connectivity index (χ2n) is 7.00. The van der Waals surface area contributed by atoms with Gasteiger partial charge in [0.15, 0.2) is 11.6 Å². The van der Waals surface area contributed by atoms with Gasteiger partial charge >= 0.3 is 0 Å². The number of piperidine rings is 1. The van der Waals surface area contributed by atoms with E-state index in [-0.39, 0.29) is 0 Å². The largest absolute Gasteiger partial charge is 0.356 e. The van der Waals surface area contributed by atoms with E-state index < -0.39 is 5.79 Å². The minimum Gasteiger partial charge on any atom is -0.356 e. The summed E-state index contributed by atoms with van der Waals surface area (Å²) in [5.41, 5.74) is 2.85. The molecule has 142 valence electrons. The van der Waals surface area contributed by atoms with Crippen LogP contribution < -0.4 is 4.90 Å². The molecular formula is C21H21N5O2. The van der Waals surface area contributed by atoms with Crippen LogP contribution in [0.3, 0.4) is 0 Å². The van der Waals surface area contributed by atoms with Gasteiger partial charge in [-0.25, -0.2) is 9.97 Å². The molecule has 0 unspecified atom stereocenters. The van der Waals surface area contributed by atoms with Crippen LogP contribution in [0.5, 0.6) is 0 Å². The lowest BCUT2D eigenvalue weighted by atomic mass is 10.0. The van der Waals surface area contributed by atoms with E-state index >= 15 is 0 Å². The Labute approximate surface area is 163 Å². The topological polar surface area (TPSA) is 73.3 Å². The summed E-state index contributed by atoms with van der Waals surface area (Å²) < 4.78 is 11.7. The van der Waals surface area contributed by atoms with Crippen molar-refractivity contribution in [1.29, 1.82) is 0 Å². The van der Waals surface area contributed by atoms with Crippen molar-refractivity contribution < 1.29 is 9.47 Å². The third-order valence-corrected chi connectivity index (χ3v) is 5.29. The number of aromatic nitrogens is 4. The average Bonchev–Trinajstić information content (AvgIpc) is 3.23. The summed E-state index contributed by atoms with van der Waals surface area (Å²) in [5.74, 6) is 1.22. The van der Waals surface area contributed by atoms with Crippen LogP contribution in [-0.2, 0) is 9.47 Å². The van der Waals surface area contributed by atoms with E-state index in [1.54, 1.807) is 24.8 Å². The van der Waals surface area contributed by atoms with Gasteiger partial charge in [0, 0.05) is 67.9 Å². The molecule has 3 aromatic rings. The summed E-state index contributed by atoms with van der Waals surface area (Å²) >= 11 is 0. The highest BCUT2D eigenvalue weighted by Crippen LogP contribution is 2.34. The van der Waals surface area contributed by atoms with Crippen molar-refractivity contribution in [3.63, 3.8) is 0 Å². The van der Waals surface area contributed by atoms with Crippen molar-refractivity contribution in [2.24, 2.45) is 0 Å². The lowest BCUT2D eigenvalue weighted by molar-refractivity contribution is -0.169. The molecule has 5 heterocycles. The first-order valence-corrected chi connectivity index (χ1v) is 9.54. The summed E-state index contributed by atoms with van der Waals surface area (Å²) in [6.07, 6.45) is 8.76. The molecule has 7 heteroatoms. The first-order chi connectivity index (χ1) is 13.8. The van der Waals surface area contributed by atoms with E-state index in [0.29, 0.717) is 19.0 Å². The van der Waals surface area contributed by atoms with Crippen molar-refractivity contribution in [3.05, 3.63) is 55.1 Å². The van der Waals surface area contributed by atoms with Crippen LogP contribution in [0.2, 0.25) is 0 Å². The number of hydrogen-bond acceptors (Lipinski definition) is 7. The second-order valence-corrected chi connectivity index (χ2v) is 7.00. The molecule has 7 nitrogen and oxygen atoms in total. The molecule has 0 aromatic carbocycles. The van der Waals surface area contributed by atoms with Crippen LogP contribution in [0.25, 0.3) is 22.6 Å². The van der Waals surface area contributed by atoms with Crippen LogP contribution in [0, 0.1) is 0 Å². The molecule has 3 aromatic heterocycles. The maximum absolute atomic E-state index is 5.86. The molecule has 2 fully saturated rings. The predicted molar refractivity (Wildman–Crippen MR) is 105 cm³/mol. The van der Waals surface area contributed by atoms with Gasteiger partial charge in [-0.1, -0.05) is 0 Å². The molecule has 0 N–H and O–H groups in total. The summed E-state index contributed by atoms with van der Waals surface area (Å²) in [7, 11) is 0. The Hall–Kier alpha value is -2.90. The van der Waals surface area contributed by atoms with E-state index in [1.165, 1.54) is 0 Å². The third kappa shape index (κ3) is 3.34. The lowest BCUT2D eigenvalue weighted by Gasteiger charge is -2.38. The Morgan fingerprint density at radius 2 is 1.39 bits per heavy atom. The van der Waals surface area contributed by atoms with E-state index in [2.05, 4.69) is 14.9 Å². The van der Waals surface area contributed by atoms with E-state index in [4.69, 9.17) is 19.4 Å². The summed E-state index contributed by atoms with van der Waals surface area (Å²) in [4.78, 5) is 20.2. The number of pyridine rings is 2. The van der Waals surface area contributed by atoms with Crippen LogP contribution in [0.4, 0.5) is 5.82 Å². The van der Waals surface area contributed by atoms with Gasteiger partial charge < -0.3 is 14.4 Å². The zero-order chi connectivity index (χ0) is 18.8. The van der Waals surface area contributed by atoms with Crippen LogP contribution in [0.1, 0.15) is 12.8 Å². The standard InChI is InChI=1S/C21H21N5O2/c1-7-22-8-2-16(1)18-15-19(25-20(24-18)17-3-9-23-10-4-17)26-11-5-21(6-12-26)27-13-14-28-21/h1-4,7-10,15H,5-6,11-14H2. The number of rotatable bonds is 3. The highest BCUT2D eigenvalue weighted by atomic mass is 16.7. The first kappa shape index (κ1) is 17.2. The summed E-state index contributed by atoms with van der Waals surface area (Å²) in [6.45, 7) is 3.04. The van der Waals surface area contributed by atoms with Crippen LogP contribution in [-0.4, -0.2) is 52.0 Å². The number of anilines is 1. The first-order valence-electron chi connectivity index (χ1n) is 9.54. The average molecular weight is 375 g/mol. The van der Waals surface area contributed by atoms with Gasteiger partial charge in [0.1, 0.15) is 5.82 Å². The van der Waals surface area contributed by atoms with Crippen molar-refractivity contribution in [2.45, 2.75) is 18.6 Å². The molecule has 2 saturated heterocycles. The lowest BCUT2D eigenvalue weighted by Crippen LogP contribution is -2.45. The van der Waals surface area contributed by atoms with E-state index in [9.17, 15) is 0 Å².